The lowest BCUT2D eigenvalue weighted by Crippen LogP contribution is -2.31. The Kier molecular flexibility index (Phi) is 4.31. The molecule has 0 fully saturated rings. The molecule has 4 aromatic rings. The van der Waals surface area contributed by atoms with Crippen LogP contribution in [-0.2, 0) is 6.42 Å². The highest BCUT2D eigenvalue weighted by atomic mass is 19.1. The lowest BCUT2D eigenvalue weighted by atomic mass is 9.99. The molecule has 0 saturated carbocycles. The third-order valence-electron chi connectivity index (χ3n) is 5.80. The molecule has 0 spiro atoms. The number of halogens is 1. The number of methoxy groups -OCH3 is 1. The van der Waals surface area contributed by atoms with Gasteiger partial charge in [0.1, 0.15) is 11.6 Å². The Hall–Kier alpha value is -3.61. The largest absolute Gasteiger partial charge is 0.497 e. The van der Waals surface area contributed by atoms with Gasteiger partial charge in [-0.1, -0.05) is 12.1 Å². The van der Waals surface area contributed by atoms with E-state index >= 15 is 0 Å². The first-order valence-electron chi connectivity index (χ1n) is 9.82. The van der Waals surface area contributed by atoms with Crippen LogP contribution in [-0.4, -0.2) is 39.6 Å². The fourth-order valence-corrected chi connectivity index (χ4v) is 4.33. The molecule has 0 saturated heterocycles. The van der Waals surface area contributed by atoms with Gasteiger partial charge in [0.05, 0.1) is 13.2 Å². The number of aromatic amines is 2. The molecule has 3 heterocycles. The van der Waals surface area contributed by atoms with Crippen LogP contribution < -0.4 is 4.74 Å². The average molecular weight is 404 g/mol. The number of hydrogen-bond acceptors (Lipinski definition) is 3. The summed E-state index contributed by atoms with van der Waals surface area (Å²) in [7, 11) is 1.64. The van der Waals surface area contributed by atoms with E-state index in [0.717, 1.165) is 39.0 Å². The monoisotopic (exact) mass is 404 g/mol. The number of amides is 1. The maximum absolute atomic E-state index is 14.0. The summed E-state index contributed by atoms with van der Waals surface area (Å²) in [6, 6.07) is 11.9. The van der Waals surface area contributed by atoms with Crippen LogP contribution in [0.2, 0.25) is 0 Å². The lowest BCUT2D eigenvalue weighted by molar-refractivity contribution is 0.0745. The van der Waals surface area contributed by atoms with Crippen LogP contribution in [0, 0.1) is 12.7 Å². The number of fused-ring (bicyclic) bond motifs is 2. The number of nitrogens with one attached hydrogen (secondary N) is 2. The third kappa shape index (κ3) is 2.85. The number of carbonyl (C=O) groups is 1. The number of aromatic nitrogens is 3. The average Bonchev–Trinajstić information content (AvgIpc) is 3.41. The second kappa shape index (κ2) is 7.02. The quantitative estimate of drug-likeness (QED) is 0.525. The summed E-state index contributed by atoms with van der Waals surface area (Å²) in [6.07, 6.45) is 2.62. The smallest absolute Gasteiger partial charge is 0.275 e. The van der Waals surface area contributed by atoms with Crippen molar-refractivity contribution in [2.24, 2.45) is 0 Å². The van der Waals surface area contributed by atoms with E-state index in [2.05, 4.69) is 15.2 Å². The molecule has 6 nitrogen and oxygen atoms in total. The minimum absolute atomic E-state index is 0.138. The van der Waals surface area contributed by atoms with E-state index < -0.39 is 0 Å². The molecule has 1 aliphatic heterocycles. The fourth-order valence-electron chi connectivity index (χ4n) is 4.33. The number of aryl methyl sites for hydroxylation is 1. The van der Waals surface area contributed by atoms with Gasteiger partial charge in [0.15, 0.2) is 5.69 Å². The molecule has 0 radical (unpaired) electrons. The lowest BCUT2D eigenvalue weighted by Gasteiger charge is -2.26. The third-order valence-corrected chi connectivity index (χ3v) is 5.80. The number of carbonyl (C=O) groups excluding carboxylic acids is 1. The number of ether oxygens (including phenoxy) is 1. The highest BCUT2D eigenvalue weighted by Crippen LogP contribution is 2.39. The number of H-pyrrole nitrogens is 2. The Morgan fingerprint density at radius 3 is 2.90 bits per heavy atom. The number of hydrogen-bond donors (Lipinski definition) is 2. The maximum atomic E-state index is 14.0. The Labute approximate surface area is 172 Å². The number of nitrogens with zero attached hydrogens (tertiary/aromatic N) is 2. The van der Waals surface area contributed by atoms with Gasteiger partial charge in [-0.25, -0.2) is 4.39 Å². The second-order valence-corrected chi connectivity index (χ2v) is 7.54. The molecular weight excluding hydrogens is 383 g/mol. The van der Waals surface area contributed by atoms with E-state index in [1.165, 1.54) is 12.1 Å². The topological polar surface area (TPSA) is 74.0 Å². The molecule has 30 heavy (non-hydrogen) atoms. The minimum atomic E-state index is -0.360. The van der Waals surface area contributed by atoms with Crippen molar-refractivity contribution in [2.75, 3.05) is 13.7 Å². The zero-order valence-electron chi connectivity index (χ0n) is 16.7. The summed E-state index contributed by atoms with van der Waals surface area (Å²) in [5.41, 5.74) is 4.93. The van der Waals surface area contributed by atoms with E-state index in [-0.39, 0.29) is 17.8 Å². The second-order valence-electron chi connectivity index (χ2n) is 7.54. The van der Waals surface area contributed by atoms with Crippen LogP contribution in [0.15, 0.2) is 48.7 Å². The van der Waals surface area contributed by atoms with Crippen LogP contribution in [0.25, 0.3) is 10.9 Å². The van der Waals surface area contributed by atoms with E-state index in [4.69, 9.17) is 4.74 Å². The highest BCUT2D eigenvalue weighted by Gasteiger charge is 2.41. The molecule has 5 rings (SSSR count). The van der Waals surface area contributed by atoms with Gasteiger partial charge in [0.2, 0.25) is 0 Å². The van der Waals surface area contributed by atoms with Gasteiger partial charge in [-0.05, 0) is 54.8 Å². The van der Waals surface area contributed by atoms with Crippen molar-refractivity contribution in [2.45, 2.75) is 19.4 Å². The zero-order valence-corrected chi connectivity index (χ0v) is 16.7. The van der Waals surface area contributed by atoms with Gasteiger partial charge >= 0.3 is 0 Å². The van der Waals surface area contributed by atoms with Crippen molar-refractivity contribution in [1.29, 1.82) is 0 Å². The van der Waals surface area contributed by atoms with E-state index in [0.29, 0.717) is 18.7 Å². The van der Waals surface area contributed by atoms with Crippen LogP contribution in [0.5, 0.6) is 5.75 Å². The van der Waals surface area contributed by atoms with Crippen LogP contribution in [0.3, 0.4) is 0 Å². The molecule has 2 N–H and O–H groups in total. The molecule has 0 unspecified atom stereocenters. The zero-order chi connectivity index (χ0) is 20.8. The molecule has 1 aliphatic rings. The minimum Gasteiger partial charge on any atom is -0.497 e. The number of benzene rings is 2. The summed E-state index contributed by atoms with van der Waals surface area (Å²) < 4.78 is 19.3. The van der Waals surface area contributed by atoms with Gasteiger partial charge in [-0.3, -0.25) is 9.89 Å². The fraction of sp³-hybridized carbons (Fsp3) is 0.217. The highest BCUT2D eigenvalue weighted by molar-refractivity contribution is 5.98. The van der Waals surface area contributed by atoms with Crippen molar-refractivity contribution >= 4 is 16.8 Å². The molecular formula is C23H21FN4O2. The first-order chi connectivity index (χ1) is 14.6. The summed E-state index contributed by atoms with van der Waals surface area (Å²) in [4.78, 5) is 18.2. The molecule has 0 bridgehead atoms. The molecule has 152 valence electrons. The standard InChI is InChI=1S/C23H21FN4O2/c1-13-20-21(27-26-13)23(29)28(22(20)14-4-3-5-16(24)10-14)9-8-15-12-25-19-7-6-17(30-2)11-18(15)19/h3-7,10-12,22,25H,8-9H2,1-2H3,(H,26,27)/t22-/m0/s1. The van der Waals surface area contributed by atoms with Crippen LogP contribution in [0.4, 0.5) is 4.39 Å². The molecule has 1 atom stereocenters. The van der Waals surface area contributed by atoms with Crippen molar-refractivity contribution in [1.82, 2.24) is 20.1 Å². The summed E-state index contributed by atoms with van der Waals surface area (Å²) in [5, 5.41) is 8.18. The van der Waals surface area contributed by atoms with Gasteiger partial charge in [0.25, 0.3) is 5.91 Å². The number of rotatable bonds is 5. The normalized spacial score (nSPS) is 15.8. The first-order valence-corrected chi connectivity index (χ1v) is 9.82. The van der Waals surface area contributed by atoms with Crippen LogP contribution >= 0.6 is 0 Å². The van der Waals surface area contributed by atoms with Crippen molar-refractivity contribution in [3.05, 3.63) is 82.6 Å². The molecule has 7 heteroatoms. The van der Waals surface area contributed by atoms with Gasteiger partial charge < -0.3 is 14.6 Å². The molecule has 2 aromatic carbocycles. The Morgan fingerprint density at radius 1 is 1.23 bits per heavy atom. The Morgan fingerprint density at radius 2 is 2.10 bits per heavy atom. The summed E-state index contributed by atoms with van der Waals surface area (Å²) in [5.74, 6) is 0.327. The van der Waals surface area contributed by atoms with Gasteiger partial charge in [-0.15, -0.1) is 0 Å². The molecule has 2 aromatic heterocycles. The first kappa shape index (κ1) is 18.4. The maximum Gasteiger partial charge on any atom is 0.275 e. The van der Waals surface area contributed by atoms with Crippen molar-refractivity contribution in [3.8, 4) is 5.75 Å². The van der Waals surface area contributed by atoms with E-state index in [1.54, 1.807) is 18.1 Å². The molecule has 1 amide bonds. The predicted molar refractivity (Wildman–Crippen MR) is 111 cm³/mol. The van der Waals surface area contributed by atoms with E-state index in [1.807, 2.05) is 37.4 Å². The van der Waals surface area contributed by atoms with Crippen molar-refractivity contribution < 1.29 is 13.9 Å². The Bertz CT molecular complexity index is 1260. The molecule has 0 aliphatic carbocycles. The summed E-state index contributed by atoms with van der Waals surface area (Å²) >= 11 is 0. The van der Waals surface area contributed by atoms with Gasteiger partial charge in [-0.2, -0.15) is 5.10 Å². The van der Waals surface area contributed by atoms with Crippen LogP contribution in [0.1, 0.15) is 38.9 Å². The van der Waals surface area contributed by atoms with Crippen molar-refractivity contribution in [3.63, 3.8) is 0 Å². The summed E-state index contributed by atoms with van der Waals surface area (Å²) in [6.45, 7) is 2.38. The Balaban J connectivity index is 1.49. The predicted octanol–water partition coefficient (Wildman–Crippen LogP) is 4.14. The SMILES string of the molecule is COc1ccc2[nH]cc(CCN3C(=O)c4n[nH]c(C)c4[C@@H]3c3cccc(F)c3)c2c1. The van der Waals surface area contributed by atoms with E-state index in [9.17, 15) is 9.18 Å². The van der Waals surface area contributed by atoms with Gasteiger partial charge in [0, 0.05) is 34.9 Å².